The molecule has 0 N–H and O–H groups in total. The van der Waals surface area contributed by atoms with Gasteiger partial charge in [0.05, 0.1) is 23.3 Å². The Morgan fingerprint density at radius 2 is 1.86 bits per heavy atom. The molecule has 0 radical (unpaired) electrons. The van der Waals surface area contributed by atoms with Crippen molar-refractivity contribution in [3.05, 3.63) is 66.4 Å². The largest absolute Gasteiger partial charge is 0.322 e. The zero-order valence-corrected chi connectivity index (χ0v) is 11.9. The van der Waals surface area contributed by atoms with Crippen molar-refractivity contribution in [2.24, 2.45) is 0 Å². The van der Waals surface area contributed by atoms with Crippen LogP contribution in [-0.2, 0) is 13.0 Å². The molecule has 0 bridgehead atoms. The first kappa shape index (κ1) is 12.1. The van der Waals surface area contributed by atoms with Gasteiger partial charge in [-0.2, -0.15) is 0 Å². The average molecular weight is 276 g/mol. The highest BCUT2D eigenvalue weighted by Crippen LogP contribution is 2.18. The Hall–Kier alpha value is -2.62. The Bertz CT molecular complexity index is 884. The van der Waals surface area contributed by atoms with Gasteiger partial charge in [0.1, 0.15) is 11.5 Å². The fraction of sp³-hybridized carbons (Fsp3) is 0.176. The Kier molecular flexibility index (Phi) is 2.74. The maximum Gasteiger partial charge on any atom is 0.137 e. The van der Waals surface area contributed by atoms with Gasteiger partial charge < -0.3 is 8.97 Å². The van der Waals surface area contributed by atoms with Crippen LogP contribution < -0.4 is 0 Å². The van der Waals surface area contributed by atoms with Crippen molar-refractivity contribution in [3.63, 3.8) is 0 Å². The molecule has 0 atom stereocenters. The SMILES string of the molecule is CCc1nc2ccccc2n1Cc1cn2ccccc2n1. The van der Waals surface area contributed by atoms with Gasteiger partial charge in [0.2, 0.25) is 0 Å². The molecule has 0 amide bonds. The second-order valence-electron chi connectivity index (χ2n) is 5.15. The highest BCUT2D eigenvalue weighted by molar-refractivity contribution is 5.76. The Balaban J connectivity index is 1.82. The summed E-state index contributed by atoms with van der Waals surface area (Å²) >= 11 is 0. The number of imidazole rings is 2. The molecule has 0 fully saturated rings. The lowest BCUT2D eigenvalue weighted by Crippen LogP contribution is -2.04. The first-order valence-electron chi connectivity index (χ1n) is 7.22. The van der Waals surface area contributed by atoms with E-state index in [1.807, 2.05) is 30.5 Å². The summed E-state index contributed by atoms with van der Waals surface area (Å²) in [7, 11) is 0. The molecule has 3 heterocycles. The lowest BCUT2D eigenvalue weighted by molar-refractivity contribution is 0.740. The predicted octanol–water partition coefficient (Wildman–Crippen LogP) is 3.29. The summed E-state index contributed by atoms with van der Waals surface area (Å²) < 4.78 is 4.32. The van der Waals surface area contributed by atoms with Crippen LogP contribution in [0.1, 0.15) is 18.4 Å². The van der Waals surface area contributed by atoms with Crippen LogP contribution in [-0.4, -0.2) is 18.9 Å². The van der Waals surface area contributed by atoms with Crippen LogP contribution in [0.5, 0.6) is 0 Å². The van der Waals surface area contributed by atoms with Crippen LogP contribution in [0, 0.1) is 0 Å². The minimum Gasteiger partial charge on any atom is -0.322 e. The molecule has 0 saturated heterocycles. The zero-order valence-electron chi connectivity index (χ0n) is 11.9. The molecule has 4 rings (SSSR count). The van der Waals surface area contributed by atoms with Gasteiger partial charge in [-0.3, -0.25) is 0 Å². The summed E-state index contributed by atoms with van der Waals surface area (Å²) in [5.74, 6) is 1.10. The number of aromatic nitrogens is 4. The van der Waals surface area contributed by atoms with E-state index < -0.39 is 0 Å². The second kappa shape index (κ2) is 4.74. The molecule has 0 unspecified atom stereocenters. The van der Waals surface area contributed by atoms with Gasteiger partial charge in [0.15, 0.2) is 0 Å². The van der Waals surface area contributed by atoms with E-state index in [1.165, 1.54) is 5.52 Å². The van der Waals surface area contributed by atoms with E-state index in [2.05, 4.69) is 45.3 Å². The maximum atomic E-state index is 4.71. The molecule has 4 nitrogen and oxygen atoms in total. The monoisotopic (exact) mass is 276 g/mol. The number of fused-ring (bicyclic) bond motifs is 2. The molecular weight excluding hydrogens is 260 g/mol. The molecule has 0 aliphatic rings. The van der Waals surface area contributed by atoms with E-state index in [1.54, 1.807) is 0 Å². The van der Waals surface area contributed by atoms with Crippen LogP contribution in [0.25, 0.3) is 16.7 Å². The van der Waals surface area contributed by atoms with Gasteiger partial charge in [-0.1, -0.05) is 25.1 Å². The number of benzene rings is 1. The van der Waals surface area contributed by atoms with Gasteiger partial charge in [-0.15, -0.1) is 0 Å². The summed E-state index contributed by atoms with van der Waals surface area (Å²) in [6.07, 6.45) is 5.03. The molecule has 1 aromatic carbocycles. The Morgan fingerprint density at radius 1 is 1.00 bits per heavy atom. The number of nitrogens with zero attached hydrogens (tertiary/aromatic N) is 4. The molecule has 0 spiro atoms. The highest BCUT2D eigenvalue weighted by atomic mass is 15.1. The molecule has 3 aromatic heterocycles. The molecule has 4 aromatic rings. The molecular formula is C17H16N4. The van der Waals surface area contributed by atoms with Crippen molar-refractivity contribution in [2.75, 3.05) is 0 Å². The van der Waals surface area contributed by atoms with Gasteiger partial charge in [0.25, 0.3) is 0 Å². The predicted molar refractivity (Wildman–Crippen MR) is 83.4 cm³/mol. The summed E-state index contributed by atoms with van der Waals surface area (Å²) in [5.41, 5.74) is 4.26. The Labute approximate surface area is 122 Å². The summed E-state index contributed by atoms with van der Waals surface area (Å²) in [6, 6.07) is 14.3. The number of hydrogen-bond acceptors (Lipinski definition) is 2. The van der Waals surface area contributed by atoms with E-state index in [9.17, 15) is 0 Å². The number of aryl methyl sites for hydroxylation is 1. The fourth-order valence-corrected chi connectivity index (χ4v) is 2.80. The first-order valence-corrected chi connectivity index (χ1v) is 7.22. The van der Waals surface area contributed by atoms with Gasteiger partial charge in [-0.25, -0.2) is 9.97 Å². The quantitative estimate of drug-likeness (QED) is 0.575. The zero-order chi connectivity index (χ0) is 14.2. The smallest absolute Gasteiger partial charge is 0.137 e. The lowest BCUT2D eigenvalue weighted by Gasteiger charge is -2.05. The van der Waals surface area contributed by atoms with E-state index in [-0.39, 0.29) is 0 Å². The van der Waals surface area contributed by atoms with Crippen molar-refractivity contribution < 1.29 is 0 Å². The Morgan fingerprint density at radius 3 is 2.71 bits per heavy atom. The maximum absolute atomic E-state index is 4.71. The van der Waals surface area contributed by atoms with Gasteiger partial charge in [-0.05, 0) is 24.3 Å². The topological polar surface area (TPSA) is 35.1 Å². The third-order valence-corrected chi connectivity index (χ3v) is 3.78. The number of para-hydroxylation sites is 2. The summed E-state index contributed by atoms with van der Waals surface area (Å²) in [6.45, 7) is 2.90. The van der Waals surface area contributed by atoms with Crippen LogP contribution in [0.3, 0.4) is 0 Å². The third kappa shape index (κ3) is 2.00. The van der Waals surface area contributed by atoms with Gasteiger partial charge in [0, 0.05) is 18.8 Å². The van der Waals surface area contributed by atoms with Crippen LogP contribution in [0.4, 0.5) is 0 Å². The van der Waals surface area contributed by atoms with Crippen LogP contribution >= 0.6 is 0 Å². The van der Waals surface area contributed by atoms with Crippen molar-refractivity contribution in [3.8, 4) is 0 Å². The third-order valence-electron chi connectivity index (χ3n) is 3.78. The van der Waals surface area contributed by atoms with E-state index >= 15 is 0 Å². The minimum atomic E-state index is 0.755. The van der Waals surface area contributed by atoms with E-state index in [0.717, 1.165) is 35.6 Å². The summed E-state index contributed by atoms with van der Waals surface area (Å²) in [4.78, 5) is 9.39. The summed E-state index contributed by atoms with van der Waals surface area (Å²) in [5, 5.41) is 0. The number of rotatable bonds is 3. The average Bonchev–Trinajstić information content (AvgIpc) is 3.08. The molecule has 104 valence electrons. The van der Waals surface area contributed by atoms with E-state index in [4.69, 9.17) is 4.98 Å². The van der Waals surface area contributed by atoms with Crippen molar-refractivity contribution in [1.29, 1.82) is 0 Å². The number of hydrogen-bond donors (Lipinski definition) is 0. The van der Waals surface area contributed by atoms with Crippen molar-refractivity contribution in [1.82, 2.24) is 18.9 Å². The minimum absolute atomic E-state index is 0.755. The van der Waals surface area contributed by atoms with Crippen molar-refractivity contribution in [2.45, 2.75) is 19.9 Å². The molecule has 0 aliphatic heterocycles. The van der Waals surface area contributed by atoms with Crippen LogP contribution in [0.2, 0.25) is 0 Å². The highest BCUT2D eigenvalue weighted by Gasteiger charge is 2.10. The van der Waals surface area contributed by atoms with Crippen molar-refractivity contribution >= 4 is 16.7 Å². The first-order chi connectivity index (χ1) is 10.3. The fourth-order valence-electron chi connectivity index (χ4n) is 2.80. The molecule has 0 aliphatic carbocycles. The van der Waals surface area contributed by atoms with Gasteiger partial charge >= 0.3 is 0 Å². The van der Waals surface area contributed by atoms with E-state index in [0.29, 0.717) is 0 Å². The molecule has 4 heteroatoms. The second-order valence-corrected chi connectivity index (χ2v) is 5.15. The molecule has 21 heavy (non-hydrogen) atoms. The molecule has 0 saturated carbocycles. The normalized spacial score (nSPS) is 11.5. The number of pyridine rings is 1. The van der Waals surface area contributed by atoms with Crippen LogP contribution in [0.15, 0.2) is 54.9 Å². The lowest BCUT2D eigenvalue weighted by atomic mass is 10.3. The standard InChI is InChI=1S/C17H16N4/c1-2-16-19-14-7-3-4-8-15(14)21(16)12-13-11-20-10-6-5-9-17(20)18-13/h3-11H,2,12H2,1H3.